The molecule has 2 bridgehead atoms. The molecule has 5 rings (SSSR count). The largest absolute Gasteiger partial charge is 0.478 e. The third kappa shape index (κ3) is 3.44. The number of piperidine rings is 1. The summed E-state index contributed by atoms with van der Waals surface area (Å²) in [6, 6.07) is 14.9. The van der Waals surface area contributed by atoms with Crippen molar-refractivity contribution in [3.63, 3.8) is 0 Å². The van der Waals surface area contributed by atoms with E-state index in [4.69, 9.17) is 0 Å². The number of fused-ring (bicyclic) bond motifs is 4. The van der Waals surface area contributed by atoms with Crippen molar-refractivity contribution in [1.82, 2.24) is 14.5 Å². The fourth-order valence-corrected chi connectivity index (χ4v) is 5.00. The van der Waals surface area contributed by atoms with E-state index < -0.39 is 5.97 Å². The number of carbonyl (C=O) groups is 1. The minimum Gasteiger partial charge on any atom is -0.478 e. The second-order valence-electron chi connectivity index (χ2n) is 8.31. The van der Waals surface area contributed by atoms with Crippen LogP contribution in [-0.2, 0) is 13.1 Å². The van der Waals surface area contributed by atoms with Crippen LogP contribution in [0.3, 0.4) is 0 Å². The molecule has 0 unspecified atom stereocenters. The van der Waals surface area contributed by atoms with Gasteiger partial charge in [-0.25, -0.2) is 4.79 Å². The van der Waals surface area contributed by atoms with E-state index >= 15 is 0 Å². The van der Waals surface area contributed by atoms with Crippen LogP contribution in [0.1, 0.15) is 34.0 Å². The number of aromatic nitrogens is 2. The molecular weight excluding hydrogens is 378 g/mol. The zero-order chi connectivity index (χ0) is 20.7. The lowest BCUT2D eigenvalue weighted by Crippen LogP contribution is -2.46. The monoisotopic (exact) mass is 401 g/mol. The zero-order valence-electron chi connectivity index (χ0n) is 16.6. The van der Waals surface area contributed by atoms with Crippen LogP contribution in [0.5, 0.6) is 0 Å². The van der Waals surface area contributed by atoms with Crippen molar-refractivity contribution in [3.8, 4) is 11.1 Å². The molecule has 2 aliphatic rings. The lowest BCUT2D eigenvalue weighted by atomic mass is 9.82. The molecule has 1 N–H and O–H groups in total. The summed E-state index contributed by atoms with van der Waals surface area (Å²) in [6.07, 6.45) is 4.58. The Bertz CT molecular complexity index is 1160. The number of hydrogen-bond acceptors (Lipinski definition) is 4. The van der Waals surface area contributed by atoms with Crippen LogP contribution >= 0.6 is 0 Å². The maximum absolute atomic E-state index is 12.8. The fraction of sp³-hybridized carbons (Fsp3) is 0.292. The maximum atomic E-state index is 12.8. The van der Waals surface area contributed by atoms with Gasteiger partial charge in [0.2, 0.25) is 0 Å². The van der Waals surface area contributed by atoms with Gasteiger partial charge in [0.05, 0.1) is 5.56 Å². The van der Waals surface area contributed by atoms with Crippen LogP contribution in [0.15, 0.2) is 65.7 Å². The first-order chi connectivity index (χ1) is 14.6. The SMILES string of the molecule is O=C(O)c1ccccc1CN1C[C@@H]2C[C@H](C1)c1cc(-c3cccnc3)cc(=O)n1C2. The van der Waals surface area contributed by atoms with Crippen LogP contribution < -0.4 is 5.56 Å². The highest BCUT2D eigenvalue weighted by atomic mass is 16.4. The van der Waals surface area contributed by atoms with E-state index in [1.165, 1.54) is 0 Å². The number of hydrogen-bond donors (Lipinski definition) is 1. The van der Waals surface area contributed by atoms with Gasteiger partial charge in [-0.15, -0.1) is 0 Å². The van der Waals surface area contributed by atoms with Crippen LogP contribution in [-0.4, -0.2) is 38.6 Å². The Morgan fingerprint density at radius 3 is 2.73 bits per heavy atom. The molecule has 2 atom stereocenters. The highest BCUT2D eigenvalue weighted by Crippen LogP contribution is 2.37. The van der Waals surface area contributed by atoms with Gasteiger partial charge in [0, 0.05) is 61.8 Å². The molecular formula is C24H23N3O3. The molecule has 6 nitrogen and oxygen atoms in total. The summed E-state index contributed by atoms with van der Waals surface area (Å²) in [4.78, 5) is 30.9. The molecule has 2 aromatic heterocycles. The Balaban J connectivity index is 1.45. The van der Waals surface area contributed by atoms with Crippen LogP contribution in [0.4, 0.5) is 0 Å². The predicted molar refractivity (Wildman–Crippen MR) is 113 cm³/mol. The molecule has 30 heavy (non-hydrogen) atoms. The van der Waals surface area contributed by atoms with Gasteiger partial charge >= 0.3 is 5.97 Å². The van der Waals surface area contributed by atoms with E-state index in [0.717, 1.165) is 48.4 Å². The Kier molecular flexibility index (Phi) is 4.71. The quantitative estimate of drug-likeness (QED) is 0.727. The van der Waals surface area contributed by atoms with E-state index in [0.29, 0.717) is 18.0 Å². The Morgan fingerprint density at radius 2 is 1.93 bits per heavy atom. The second-order valence-corrected chi connectivity index (χ2v) is 8.31. The molecule has 1 saturated heterocycles. The molecule has 0 aliphatic carbocycles. The van der Waals surface area contributed by atoms with Gasteiger partial charge in [0.25, 0.3) is 5.56 Å². The molecule has 3 aromatic rings. The van der Waals surface area contributed by atoms with Gasteiger partial charge in [-0.1, -0.05) is 24.3 Å². The summed E-state index contributed by atoms with van der Waals surface area (Å²) < 4.78 is 1.93. The van der Waals surface area contributed by atoms with Gasteiger partial charge in [-0.3, -0.25) is 14.7 Å². The van der Waals surface area contributed by atoms with Crippen LogP contribution in [0.25, 0.3) is 11.1 Å². The summed E-state index contributed by atoms with van der Waals surface area (Å²) in [5.41, 5.74) is 4.18. The van der Waals surface area contributed by atoms with Crippen molar-refractivity contribution < 1.29 is 9.90 Å². The summed E-state index contributed by atoms with van der Waals surface area (Å²) in [7, 11) is 0. The number of rotatable bonds is 4. The van der Waals surface area contributed by atoms with E-state index in [2.05, 4.69) is 16.0 Å². The molecule has 0 saturated carbocycles. The molecule has 6 heteroatoms. The van der Waals surface area contributed by atoms with E-state index in [1.54, 1.807) is 30.6 Å². The van der Waals surface area contributed by atoms with Gasteiger partial charge in [-0.05, 0) is 41.7 Å². The topological polar surface area (TPSA) is 75.4 Å². The lowest BCUT2D eigenvalue weighted by molar-refractivity contribution is 0.0692. The first-order valence-corrected chi connectivity index (χ1v) is 10.3. The molecule has 1 fully saturated rings. The number of aromatic carboxylic acids is 1. The van der Waals surface area contributed by atoms with E-state index in [1.807, 2.05) is 28.8 Å². The van der Waals surface area contributed by atoms with Gasteiger partial charge in [0.1, 0.15) is 0 Å². The summed E-state index contributed by atoms with van der Waals surface area (Å²) in [5, 5.41) is 9.49. The minimum absolute atomic E-state index is 0.0470. The second kappa shape index (κ2) is 7.54. The standard InChI is InChI=1S/C24H23N3O3/c28-23-10-19(17-5-3-7-25-11-17)9-22-20-8-16(13-27(22)23)12-26(15-20)14-18-4-1-2-6-21(18)24(29)30/h1-7,9-11,16,20H,8,12-15H2,(H,29,30)/t16-,20+/m0/s1. The third-order valence-electron chi connectivity index (χ3n) is 6.27. The highest BCUT2D eigenvalue weighted by Gasteiger charge is 2.35. The number of carboxylic acid groups (broad SMARTS) is 1. The molecule has 1 aromatic carbocycles. The van der Waals surface area contributed by atoms with Crippen molar-refractivity contribution >= 4 is 5.97 Å². The number of carboxylic acids is 1. The first kappa shape index (κ1) is 18.8. The number of pyridine rings is 2. The zero-order valence-corrected chi connectivity index (χ0v) is 16.6. The lowest BCUT2D eigenvalue weighted by Gasteiger charge is -2.43. The normalized spacial score (nSPS) is 20.5. The minimum atomic E-state index is -0.888. The maximum Gasteiger partial charge on any atom is 0.336 e. The Morgan fingerprint density at radius 1 is 1.07 bits per heavy atom. The molecule has 0 radical (unpaired) electrons. The van der Waals surface area contributed by atoms with E-state index in [-0.39, 0.29) is 11.5 Å². The van der Waals surface area contributed by atoms with E-state index in [9.17, 15) is 14.7 Å². The number of nitrogens with zero attached hydrogens (tertiary/aromatic N) is 3. The summed E-state index contributed by atoms with van der Waals surface area (Å²) >= 11 is 0. The Hall–Kier alpha value is -3.25. The van der Waals surface area contributed by atoms with Crippen molar-refractivity contribution in [3.05, 3.63) is 88.1 Å². The number of likely N-dealkylation sites (tertiary alicyclic amines) is 1. The van der Waals surface area contributed by atoms with Gasteiger partial charge < -0.3 is 9.67 Å². The van der Waals surface area contributed by atoms with Gasteiger partial charge in [-0.2, -0.15) is 0 Å². The van der Waals surface area contributed by atoms with Crippen molar-refractivity contribution in [1.29, 1.82) is 0 Å². The smallest absolute Gasteiger partial charge is 0.336 e. The molecule has 0 spiro atoms. The molecule has 4 heterocycles. The molecule has 0 amide bonds. The van der Waals surface area contributed by atoms with Crippen molar-refractivity contribution in [2.45, 2.75) is 25.4 Å². The average molecular weight is 401 g/mol. The fourth-order valence-electron chi connectivity index (χ4n) is 5.00. The molecule has 152 valence electrons. The van der Waals surface area contributed by atoms with Gasteiger partial charge in [0.15, 0.2) is 0 Å². The summed E-state index contributed by atoms with van der Waals surface area (Å²) in [6.45, 7) is 3.03. The Labute approximate surface area is 174 Å². The first-order valence-electron chi connectivity index (χ1n) is 10.3. The van der Waals surface area contributed by atoms with Crippen molar-refractivity contribution in [2.24, 2.45) is 5.92 Å². The van der Waals surface area contributed by atoms with Crippen molar-refractivity contribution in [2.75, 3.05) is 13.1 Å². The predicted octanol–water partition coefficient (Wildman–Crippen LogP) is 3.23. The van der Waals surface area contributed by atoms with Crippen LogP contribution in [0.2, 0.25) is 0 Å². The third-order valence-corrected chi connectivity index (χ3v) is 6.27. The molecule has 2 aliphatic heterocycles. The number of benzene rings is 1. The highest BCUT2D eigenvalue weighted by molar-refractivity contribution is 5.89. The average Bonchev–Trinajstić information content (AvgIpc) is 2.75. The summed E-state index contributed by atoms with van der Waals surface area (Å²) in [5.74, 6) is -0.227. The van der Waals surface area contributed by atoms with Crippen LogP contribution in [0, 0.1) is 5.92 Å².